The summed E-state index contributed by atoms with van der Waals surface area (Å²) < 4.78 is 16.1. The molecule has 1 aliphatic heterocycles. The normalized spacial score (nSPS) is 15.2. The van der Waals surface area contributed by atoms with Crippen molar-refractivity contribution in [1.29, 1.82) is 0 Å². The number of hydrogen-bond donors (Lipinski definition) is 2. The zero-order chi connectivity index (χ0) is 25.6. The number of aromatic nitrogens is 3. The summed E-state index contributed by atoms with van der Waals surface area (Å²) in [7, 11) is 0. The highest BCUT2D eigenvalue weighted by molar-refractivity contribution is 5.89. The number of pyridine rings is 2. The second kappa shape index (κ2) is 11.1. The molecule has 1 fully saturated rings. The van der Waals surface area contributed by atoms with Crippen LogP contribution < -0.4 is 26.3 Å². The fourth-order valence-corrected chi connectivity index (χ4v) is 4.04. The van der Waals surface area contributed by atoms with E-state index in [9.17, 15) is 9.59 Å². The van der Waals surface area contributed by atoms with Gasteiger partial charge in [-0.25, -0.2) is 19.6 Å². The van der Waals surface area contributed by atoms with Crippen LogP contribution in [0, 0.1) is 0 Å². The van der Waals surface area contributed by atoms with Crippen LogP contribution in [-0.2, 0) is 11.3 Å². The van der Waals surface area contributed by atoms with Gasteiger partial charge in [-0.2, -0.15) is 4.98 Å². The van der Waals surface area contributed by atoms with E-state index in [-0.39, 0.29) is 11.8 Å². The van der Waals surface area contributed by atoms with Crippen molar-refractivity contribution < 1.29 is 18.7 Å². The van der Waals surface area contributed by atoms with E-state index >= 15 is 0 Å². The van der Waals surface area contributed by atoms with Crippen LogP contribution in [0.25, 0.3) is 22.4 Å². The zero-order valence-corrected chi connectivity index (χ0v) is 20.0. The first-order valence-corrected chi connectivity index (χ1v) is 11.9. The van der Waals surface area contributed by atoms with Crippen LogP contribution in [0.5, 0.6) is 5.88 Å². The van der Waals surface area contributed by atoms with Crippen molar-refractivity contribution >= 4 is 23.1 Å². The average Bonchev–Trinajstić information content (AvgIpc) is 3.30. The maximum absolute atomic E-state index is 12.4. The summed E-state index contributed by atoms with van der Waals surface area (Å²) in [4.78, 5) is 37.7. The molecule has 1 atom stereocenters. The van der Waals surface area contributed by atoms with Crippen molar-refractivity contribution in [3.05, 3.63) is 76.9 Å². The van der Waals surface area contributed by atoms with Crippen molar-refractivity contribution in [2.24, 2.45) is 5.73 Å². The minimum atomic E-state index is -0.599. The van der Waals surface area contributed by atoms with Gasteiger partial charge in [0.25, 0.3) is 5.71 Å². The molecule has 5 rings (SSSR count). The highest BCUT2D eigenvalue weighted by atomic mass is 16.6. The Morgan fingerprint density at radius 2 is 2.00 bits per heavy atom. The van der Waals surface area contributed by atoms with E-state index in [1.165, 1.54) is 4.90 Å². The van der Waals surface area contributed by atoms with Crippen LogP contribution in [0.3, 0.4) is 0 Å². The molecule has 1 aromatic carbocycles. The summed E-state index contributed by atoms with van der Waals surface area (Å²) in [6.07, 6.45) is 2.68. The van der Waals surface area contributed by atoms with Gasteiger partial charge in [-0.1, -0.05) is 18.2 Å². The minimum absolute atomic E-state index is 0.0798. The molecule has 4 aromatic rings. The molecule has 11 nitrogen and oxygen atoms in total. The summed E-state index contributed by atoms with van der Waals surface area (Å²) in [6.45, 7) is 2.53. The van der Waals surface area contributed by atoms with Gasteiger partial charge in [-0.15, -0.1) is 0 Å². The number of cyclic esters (lactones) is 1. The maximum Gasteiger partial charge on any atom is 0.415 e. The number of anilines is 1. The quantitative estimate of drug-likeness (QED) is 0.310. The van der Waals surface area contributed by atoms with Crippen LogP contribution in [0.2, 0.25) is 0 Å². The lowest BCUT2D eigenvalue weighted by Gasteiger charge is -2.12. The number of ether oxygens (including phenoxy) is 2. The van der Waals surface area contributed by atoms with Gasteiger partial charge in [0.05, 0.1) is 6.54 Å². The topological polar surface area (TPSA) is 146 Å². The number of amides is 1. The Morgan fingerprint density at radius 1 is 1.11 bits per heavy atom. The van der Waals surface area contributed by atoms with Crippen molar-refractivity contribution in [3.8, 4) is 17.0 Å². The van der Waals surface area contributed by atoms with Crippen molar-refractivity contribution in [2.45, 2.75) is 19.1 Å². The van der Waals surface area contributed by atoms with Crippen molar-refractivity contribution in [2.75, 3.05) is 31.1 Å². The second-order valence-corrected chi connectivity index (χ2v) is 8.48. The van der Waals surface area contributed by atoms with E-state index in [2.05, 4.69) is 32.4 Å². The third-order valence-corrected chi connectivity index (χ3v) is 5.82. The summed E-state index contributed by atoms with van der Waals surface area (Å²) in [6, 6.07) is 15.4. The first-order valence-electron chi connectivity index (χ1n) is 11.9. The number of hydrogen-bond acceptors (Lipinski definition) is 10. The molecule has 37 heavy (non-hydrogen) atoms. The smallest absolute Gasteiger partial charge is 0.415 e. The molecule has 0 spiro atoms. The van der Waals surface area contributed by atoms with Crippen molar-refractivity contribution in [1.82, 2.24) is 20.3 Å². The first kappa shape index (κ1) is 24.3. The molecule has 11 heteroatoms. The molecule has 0 bridgehead atoms. The number of nitrogens with two attached hydrogens (primary N) is 1. The van der Waals surface area contributed by atoms with Gasteiger partial charge in [-0.05, 0) is 53.9 Å². The van der Waals surface area contributed by atoms with E-state index in [0.29, 0.717) is 56.4 Å². The number of rotatable bonds is 10. The lowest BCUT2D eigenvalue weighted by atomic mass is 10.0. The fourth-order valence-electron chi connectivity index (χ4n) is 4.04. The lowest BCUT2D eigenvalue weighted by Crippen LogP contribution is -2.26. The predicted molar refractivity (Wildman–Crippen MR) is 136 cm³/mol. The predicted octanol–water partition coefficient (Wildman–Crippen LogP) is 2.49. The first-order chi connectivity index (χ1) is 18.1. The fraction of sp³-hybridized carbons (Fsp3) is 0.269. The van der Waals surface area contributed by atoms with E-state index in [1.807, 2.05) is 24.3 Å². The lowest BCUT2D eigenvalue weighted by molar-refractivity contribution is 0.136. The van der Waals surface area contributed by atoms with Gasteiger partial charge in [0.2, 0.25) is 5.88 Å². The average molecular weight is 503 g/mol. The molecule has 4 heterocycles. The van der Waals surface area contributed by atoms with E-state index < -0.39 is 11.7 Å². The van der Waals surface area contributed by atoms with Gasteiger partial charge in [0, 0.05) is 25.4 Å². The number of fused-ring (bicyclic) bond motifs is 1. The summed E-state index contributed by atoms with van der Waals surface area (Å²) >= 11 is 0. The van der Waals surface area contributed by atoms with Gasteiger partial charge in [0.15, 0.2) is 0 Å². The standard InChI is InChI=1S/C26H26N6O5/c27-8-11-35-23-13-19(6-10-29-23)18-3-1-2-17(12-18)14-28-9-7-20-16-32(26(34)36-20)22-5-4-21-25(31-22)37-24(33)15-30-21/h1-6,10,12-13,15,20,28H,7-9,11,14,16,27H2/t20-/m0/s1. The molecule has 1 aliphatic rings. The Balaban J connectivity index is 1.14. The van der Waals surface area contributed by atoms with Gasteiger partial charge >= 0.3 is 11.7 Å². The van der Waals surface area contributed by atoms with Crippen LogP contribution in [0.15, 0.2) is 70.1 Å². The third-order valence-electron chi connectivity index (χ3n) is 5.82. The monoisotopic (exact) mass is 502 g/mol. The number of benzene rings is 1. The molecule has 1 saturated heterocycles. The molecule has 0 unspecified atom stereocenters. The molecule has 1 amide bonds. The highest BCUT2D eigenvalue weighted by Gasteiger charge is 2.33. The third kappa shape index (κ3) is 5.90. The van der Waals surface area contributed by atoms with Crippen LogP contribution in [-0.4, -0.2) is 53.4 Å². The Labute approximate surface area is 212 Å². The van der Waals surface area contributed by atoms with Crippen molar-refractivity contribution in [3.63, 3.8) is 0 Å². The van der Waals surface area contributed by atoms with Crippen LogP contribution >= 0.6 is 0 Å². The second-order valence-electron chi connectivity index (χ2n) is 8.48. The molecular formula is C26H26N6O5. The number of carbonyl (C=O) groups excluding carboxylic acids is 1. The van der Waals surface area contributed by atoms with E-state index in [4.69, 9.17) is 19.6 Å². The summed E-state index contributed by atoms with van der Waals surface area (Å²) in [5.74, 6) is 0.903. The van der Waals surface area contributed by atoms with Crippen LogP contribution in [0.4, 0.5) is 10.6 Å². The molecule has 0 radical (unpaired) electrons. The van der Waals surface area contributed by atoms with Gasteiger partial charge in [0.1, 0.15) is 30.2 Å². The Bertz CT molecular complexity index is 1460. The zero-order valence-electron chi connectivity index (χ0n) is 20.0. The number of carbonyl (C=O) groups is 1. The Morgan fingerprint density at radius 3 is 2.89 bits per heavy atom. The molecule has 3 N–H and O–H groups in total. The number of nitrogens with zero attached hydrogens (tertiary/aromatic N) is 4. The maximum atomic E-state index is 12.4. The molecular weight excluding hydrogens is 476 g/mol. The molecule has 0 saturated carbocycles. The Kier molecular flexibility index (Phi) is 7.33. The largest absolute Gasteiger partial charge is 0.476 e. The van der Waals surface area contributed by atoms with E-state index in [1.54, 1.807) is 18.3 Å². The number of nitrogens with one attached hydrogen (secondary N) is 1. The Hall–Kier alpha value is -4.35. The van der Waals surface area contributed by atoms with Gasteiger partial charge in [-0.3, -0.25) is 4.90 Å². The summed E-state index contributed by atoms with van der Waals surface area (Å²) in [5, 5.41) is 3.41. The van der Waals surface area contributed by atoms with Crippen LogP contribution in [0.1, 0.15) is 12.0 Å². The highest BCUT2D eigenvalue weighted by Crippen LogP contribution is 2.24. The van der Waals surface area contributed by atoms with E-state index in [0.717, 1.165) is 22.9 Å². The summed E-state index contributed by atoms with van der Waals surface area (Å²) in [5.41, 5.74) is 8.62. The SMILES string of the molecule is NCCOc1cc(-c2cccc(CNCC[C@H]3CN(c4ccc5ncc(=O)oc5n4)C(=O)O3)c2)ccn1. The van der Waals surface area contributed by atoms with Gasteiger partial charge < -0.3 is 24.9 Å². The molecule has 3 aromatic heterocycles. The molecule has 0 aliphatic carbocycles. The minimum Gasteiger partial charge on any atom is -0.476 e. The molecule has 190 valence electrons.